The standard InChI is InChI=1S/C15H19N3O4/c1-22-12-8-4-5-10(13(12)19)9-16-18-15(21)14(20)17-11-6-2-3-7-11/h4-5,8-9,11,19H,2-3,6-7H2,1H3,(H,17,20)(H,18,21)/b16-9+. The Labute approximate surface area is 128 Å². The molecule has 0 unspecified atom stereocenters. The summed E-state index contributed by atoms with van der Waals surface area (Å²) < 4.78 is 4.96. The van der Waals surface area contributed by atoms with E-state index in [1.807, 2.05) is 0 Å². The van der Waals surface area contributed by atoms with Gasteiger partial charge in [-0.05, 0) is 25.0 Å². The van der Waals surface area contributed by atoms with Crippen LogP contribution in [0.3, 0.4) is 0 Å². The van der Waals surface area contributed by atoms with Gasteiger partial charge >= 0.3 is 11.8 Å². The van der Waals surface area contributed by atoms with E-state index in [9.17, 15) is 14.7 Å². The van der Waals surface area contributed by atoms with Gasteiger partial charge in [0.2, 0.25) is 0 Å². The summed E-state index contributed by atoms with van der Waals surface area (Å²) in [6, 6.07) is 4.95. The third-order valence-electron chi connectivity index (χ3n) is 3.52. The van der Waals surface area contributed by atoms with Gasteiger partial charge < -0.3 is 15.2 Å². The van der Waals surface area contributed by atoms with Crippen molar-refractivity contribution < 1.29 is 19.4 Å². The molecule has 22 heavy (non-hydrogen) atoms. The zero-order valence-corrected chi connectivity index (χ0v) is 12.3. The van der Waals surface area contributed by atoms with E-state index in [4.69, 9.17) is 4.74 Å². The summed E-state index contributed by atoms with van der Waals surface area (Å²) in [6.07, 6.45) is 5.19. The summed E-state index contributed by atoms with van der Waals surface area (Å²) in [4.78, 5) is 23.2. The van der Waals surface area contributed by atoms with Gasteiger partial charge in [0.05, 0.1) is 13.3 Å². The minimum atomic E-state index is -0.828. The SMILES string of the molecule is COc1cccc(/C=N/NC(=O)C(=O)NC2CCCC2)c1O. The van der Waals surface area contributed by atoms with Crippen molar-refractivity contribution in [3.05, 3.63) is 23.8 Å². The van der Waals surface area contributed by atoms with E-state index in [2.05, 4.69) is 15.8 Å². The number of carbonyl (C=O) groups is 2. The smallest absolute Gasteiger partial charge is 0.329 e. The fourth-order valence-electron chi connectivity index (χ4n) is 2.34. The number of nitrogens with zero attached hydrogens (tertiary/aromatic N) is 1. The first-order valence-corrected chi connectivity index (χ1v) is 7.11. The van der Waals surface area contributed by atoms with Gasteiger partial charge in [-0.2, -0.15) is 5.10 Å². The zero-order valence-electron chi connectivity index (χ0n) is 12.3. The Balaban J connectivity index is 1.88. The van der Waals surface area contributed by atoms with Crippen LogP contribution in [-0.4, -0.2) is 36.3 Å². The molecule has 1 aromatic carbocycles. The van der Waals surface area contributed by atoms with Crippen LogP contribution in [0.15, 0.2) is 23.3 Å². The predicted octanol–water partition coefficient (Wildman–Crippen LogP) is 0.910. The molecule has 0 spiro atoms. The molecule has 0 aliphatic heterocycles. The molecule has 7 nitrogen and oxygen atoms in total. The highest BCUT2D eigenvalue weighted by atomic mass is 16.5. The number of carbonyl (C=O) groups excluding carboxylic acids is 2. The Kier molecular flexibility index (Phi) is 5.35. The van der Waals surface area contributed by atoms with Crippen molar-refractivity contribution >= 4 is 18.0 Å². The number of phenols is 1. The van der Waals surface area contributed by atoms with E-state index < -0.39 is 11.8 Å². The molecule has 0 radical (unpaired) electrons. The van der Waals surface area contributed by atoms with Crippen molar-refractivity contribution in [1.29, 1.82) is 0 Å². The first-order valence-electron chi connectivity index (χ1n) is 7.11. The molecule has 0 aromatic heterocycles. The molecule has 7 heteroatoms. The van der Waals surface area contributed by atoms with Crippen LogP contribution in [0.2, 0.25) is 0 Å². The third kappa shape index (κ3) is 3.97. The highest BCUT2D eigenvalue weighted by molar-refractivity contribution is 6.35. The number of nitrogens with one attached hydrogen (secondary N) is 2. The van der Waals surface area contributed by atoms with Gasteiger partial charge in [0.15, 0.2) is 11.5 Å². The fraction of sp³-hybridized carbons (Fsp3) is 0.400. The summed E-state index contributed by atoms with van der Waals surface area (Å²) in [5.74, 6) is -1.31. The lowest BCUT2D eigenvalue weighted by atomic mass is 10.2. The number of para-hydroxylation sites is 1. The third-order valence-corrected chi connectivity index (χ3v) is 3.52. The number of methoxy groups -OCH3 is 1. The van der Waals surface area contributed by atoms with Gasteiger partial charge in [-0.1, -0.05) is 18.9 Å². The topological polar surface area (TPSA) is 100 Å². The molecule has 1 aromatic rings. The molecule has 3 N–H and O–H groups in total. The molecule has 2 rings (SSSR count). The Morgan fingerprint density at radius 3 is 2.73 bits per heavy atom. The van der Waals surface area contributed by atoms with Gasteiger partial charge in [0, 0.05) is 11.6 Å². The molecular formula is C15H19N3O4. The number of rotatable bonds is 4. The first kappa shape index (κ1) is 15.8. The molecule has 0 bridgehead atoms. The summed E-state index contributed by atoms with van der Waals surface area (Å²) in [6.45, 7) is 0. The minimum absolute atomic E-state index is 0.0738. The number of aromatic hydroxyl groups is 1. The van der Waals surface area contributed by atoms with Crippen LogP contribution in [0.25, 0.3) is 0 Å². The molecule has 1 saturated carbocycles. The summed E-state index contributed by atoms with van der Waals surface area (Å²) >= 11 is 0. The molecule has 1 fully saturated rings. The lowest BCUT2D eigenvalue weighted by molar-refractivity contribution is -0.139. The van der Waals surface area contributed by atoms with Crippen molar-refractivity contribution in [2.45, 2.75) is 31.7 Å². The number of hydrogen-bond donors (Lipinski definition) is 3. The molecule has 0 heterocycles. The maximum atomic E-state index is 11.6. The highest BCUT2D eigenvalue weighted by Crippen LogP contribution is 2.27. The van der Waals surface area contributed by atoms with Crippen molar-refractivity contribution in [1.82, 2.24) is 10.7 Å². The minimum Gasteiger partial charge on any atom is -0.504 e. The van der Waals surface area contributed by atoms with Crippen LogP contribution in [0, 0.1) is 0 Å². The Morgan fingerprint density at radius 2 is 2.05 bits per heavy atom. The van der Waals surface area contributed by atoms with E-state index in [0.717, 1.165) is 25.7 Å². The largest absolute Gasteiger partial charge is 0.504 e. The van der Waals surface area contributed by atoms with Crippen LogP contribution >= 0.6 is 0 Å². The van der Waals surface area contributed by atoms with Crippen molar-refractivity contribution in [2.75, 3.05) is 7.11 Å². The van der Waals surface area contributed by atoms with E-state index in [0.29, 0.717) is 11.3 Å². The molecule has 0 atom stereocenters. The number of hydrogen-bond acceptors (Lipinski definition) is 5. The Hall–Kier alpha value is -2.57. The lowest BCUT2D eigenvalue weighted by Gasteiger charge is -2.10. The molecule has 2 amide bonds. The van der Waals surface area contributed by atoms with Gasteiger partial charge in [-0.25, -0.2) is 5.43 Å². The van der Waals surface area contributed by atoms with Crippen LogP contribution in [0.1, 0.15) is 31.2 Å². The van der Waals surface area contributed by atoms with Crippen molar-refractivity contribution in [3.8, 4) is 11.5 Å². The summed E-state index contributed by atoms with van der Waals surface area (Å²) in [5, 5.41) is 16.2. The second-order valence-corrected chi connectivity index (χ2v) is 5.05. The van der Waals surface area contributed by atoms with E-state index in [1.54, 1.807) is 18.2 Å². The quantitative estimate of drug-likeness (QED) is 0.437. The number of hydrazone groups is 1. The number of phenolic OH excluding ortho intramolecular Hbond substituents is 1. The highest BCUT2D eigenvalue weighted by Gasteiger charge is 2.21. The number of ether oxygens (including phenoxy) is 1. The van der Waals surface area contributed by atoms with Gasteiger partial charge in [0.1, 0.15) is 0 Å². The fourth-order valence-corrected chi connectivity index (χ4v) is 2.34. The molecule has 1 aliphatic rings. The second kappa shape index (κ2) is 7.44. The van der Waals surface area contributed by atoms with E-state index >= 15 is 0 Å². The number of amides is 2. The maximum absolute atomic E-state index is 11.6. The average molecular weight is 305 g/mol. The van der Waals surface area contributed by atoms with Crippen LogP contribution < -0.4 is 15.5 Å². The molecule has 0 saturated heterocycles. The van der Waals surface area contributed by atoms with Crippen molar-refractivity contribution in [2.24, 2.45) is 5.10 Å². The van der Waals surface area contributed by atoms with Crippen LogP contribution in [-0.2, 0) is 9.59 Å². The van der Waals surface area contributed by atoms with Gasteiger partial charge in [0.25, 0.3) is 0 Å². The zero-order chi connectivity index (χ0) is 15.9. The van der Waals surface area contributed by atoms with E-state index in [-0.39, 0.29) is 11.8 Å². The van der Waals surface area contributed by atoms with Gasteiger partial charge in [-0.15, -0.1) is 0 Å². The Bertz CT molecular complexity index is 580. The van der Waals surface area contributed by atoms with Gasteiger partial charge in [-0.3, -0.25) is 9.59 Å². The van der Waals surface area contributed by atoms with E-state index in [1.165, 1.54) is 13.3 Å². The molecular weight excluding hydrogens is 286 g/mol. The maximum Gasteiger partial charge on any atom is 0.329 e. The van der Waals surface area contributed by atoms with Crippen LogP contribution in [0.5, 0.6) is 11.5 Å². The van der Waals surface area contributed by atoms with Crippen molar-refractivity contribution in [3.63, 3.8) is 0 Å². The number of benzene rings is 1. The molecule has 118 valence electrons. The summed E-state index contributed by atoms with van der Waals surface area (Å²) in [7, 11) is 1.44. The van der Waals surface area contributed by atoms with Crippen LogP contribution in [0.4, 0.5) is 0 Å². The molecule has 1 aliphatic carbocycles. The second-order valence-electron chi connectivity index (χ2n) is 5.05. The normalized spacial score (nSPS) is 15.0. The first-order chi connectivity index (χ1) is 10.6. The average Bonchev–Trinajstić information content (AvgIpc) is 3.01. The Morgan fingerprint density at radius 1 is 1.32 bits per heavy atom. The summed E-state index contributed by atoms with van der Waals surface area (Å²) in [5.41, 5.74) is 2.51. The lowest BCUT2D eigenvalue weighted by Crippen LogP contribution is -2.42. The monoisotopic (exact) mass is 305 g/mol. The predicted molar refractivity (Wildman–Crippen MR) is 80.8 cm³/mol.